The molecule has 18 heavy (non-hydrogen) atoms. The summed E-state index contributed by atoms with van der Waals surface area (Å²) in [5.74, 6) is 0. The summed E-state index contributed by atoms with van der Waals surface area (Å²) in [6.45, 7) is 0.529. The van der Waals surface area contributed by atoms with Gasteiger partial charge < -0.3 is 24.4 Å². The lowest BCUT2D eigenvalue weighted by molar-refractivity contribution is -0.276. The Bertz CT molecular complexity index is 356. The van der Waals surface area contributed by atoms with Crippen LogP contribution >= 0.6 is 0 Å². The Hall–Kier alpha value is -0.980. The third-order valence-corrected chi connectivity index (χ3v) is 2.99. The molecule has 2 N–H and O–H groups in total. The van der Waals surface area contributed by atoms with E-state index in [2.05, 4.69) is 0 Å². The summed E-state index contributed by atoms with van der Waals surface area (Å²) in [6.07, 6.45) is -3.44. The van der Waals surface area contributed by atoms with Crippen molar-refractivity contribution in [2.45, 2.75) is 31.2 Å². The van der Waals surface area contributed by atoms with Crippen molar-refractivity contribution < 1.29 is 24.4 Å². The molecular formula is C13H18O5. The highest BCUT2D eigenvalue weighted by Gasteiger charge is 2.39. The summed E-state index contributed by atoms with van der Waals surface area (Å²) < 4.78 is 15.8. The van der Waals surface area contributed by atoms with Crippen LogP contribution in [0.5, 0.6) is 0 Å². The van der Waals surface area contributed by atoms with Crippen LogP contribution < -0.4 is 0 Å². The van der Waals surface area contributed by atoms with Crippen molar-refractivity contribution in [1.29, 1.82) is 0 Å². The number of benzene rings is 1. The first-order valence-electron chi connectivity index (χ1n) is 5.88. The van der Waals surface area contributed by atoms with Gasteiger partial charge in [0.25, 0.3) is 0 Å². The maximum absolute atomic E-state index is 9.84. The molecule has 1 fully saturated rings. The van der Waals surface area contributed by atoms with E-state index in [-0.39, 0.29) is 6.61 Å². The van der Waals surface area contributed by atoms with E-state index < -0.39 is 24.6 Å². The minimum Gasteiger partial charge on any atom is -0.387 e. The van der Waals surface area contributed by atoms with E-state index in [0.29, 0.717) is 6.61 Å². The highest BCUT2D eigenvalue weighted by atomic mass is 16.7. The Morgan fingerprint density at radius 1 is 1.22 bits per heavy atom. The zero-order valence-electron chi connectivity index (χ0n) is 10.2. The molecule has 1 heterocycles. The molecule has 0 bridgehead atoms. The fourth-order valence-corrected chi connectivity index (χ4v) is 1.87. The average Bonchev–Trinajstić information content (AvgIpc) is 2.42. The minimum atomic E-state index is -1.10. The maximum Gasteiger partial charge on any atom is 0.186 e. The summed E-state index contributed by atoms with van der Waals surface area (Å²) in [4.78, 5) is 0. The van der Waals surface area contributed by atoms with Gasteiger partial charge in [-0.1, -0.05) is 30.3 Å². The van der Waals surface area contributed by atoms with Crippen LogP contribution in [-0.4, -0.2) is 48.5 Å². The summed E-state index contributed by atoms with van der Waals surface area (Å²) >= 11 is 0. The summed E-state index contributed by atoms with van der Waals surface area (Å²) in [5.41, 5.74) is 0.983. The van der Waals surface area contributed by atoms with E-state index in [1.54, 1.807) is 0 Å². The van der Waals surface area contributed by atoms with Crippen molar-refractivity contribution in [2.75, 3.05) is 13.7 Å². The van der Waals surface area contributed by atoms with Crippen LogP contribution in [0.15, 0.2) is 30.3 Å². The van der Waals surface area contributed by atoms with Gasteiger partial charge in [-0.3, -0.25) is 0 Å². The first-order chi connectivity index (χ1) is 8.72. The molecule has 0 aromatic heterocycles. The predicted octanol–water partition coefficient (Wildman–Crippen LogP) is 0.296. The molecule has 0 radical (unpaired) electrons. The molecule has 2 rings (SSSR count). The second-order valence-electron chi connectivity index (χ2n) is 4.25. The summed E-state index contributed by atoms with van der Waals surface area (Å²) in [5, 5.41) is 19.6. The molecule has 1 aromatic rings. The molecule has 1 aromatic carbocycles. The second kappa shape index (κ2) is 6.26. The van der Waals surface area contributed by atoms with Gasteiger partial charge in [0.05, 0.1) is 13.2 Å². The number of rotatable bonds is 4. The Morgan fingerprint density at radius 3 is 2.61 bits per heavy atom. The van der Waals surface area contributed by atoms with Gasteiger partial charge in [-0.15, -0.1) is 0 Å². The molecule has 0 spiro atoms. The van der Waals surface area contributed by atoms with E-state index in [1.807, 2.05) is 30.3 Å². The highest BCUT2D eigenvalue weighted by Crippen LogP contribution is 2.19. The summed E-state index contributed by atoms with van der Waals surface area (Å²) in [6, 6.07) is 9.58. The molecule has 100 valence electrons. The van der Waals surface area contributed by atoms with Crippen molar-refractivity contribution in [2.24, 2.45) is 0 Å². The number of hydrogen-bond donors (Lipinski definition) is 2. The third kappa shape index (κ3) is 3.07. The molecule has 0 aliphatic carbocycles. The third-order valence-electron chi connectivity index (χ3n) is 2.99. The van der Waals surface area contributed by atoms with Gasteiger partial charge in [0, 0.05) is 7.11 Å². The molecule has 4 atom stereocenters. The number of hydrogen-bond acceptors (Lipinski definition) is 5. The SMILES string of the molecule is CO[C@@H]1CO[C@@H](OCc2ccccc2)[C@H](O)[C@H]1O. The van der Waals surface area contributed by atoms with Crippen LogP contribution in [-0.2, 0) is 20.8 Å². The van der Waals surface area contributed by atoms with Crippen molar-refractivity contribution in [1.82, 2.24) is 0 Å². The fourth-order valence-electron chi connectivity index (χ4n) is 1.87. The van der Waals surface area contributed by atoms with Gasteiger partial charge in [0.15, 0.2) is 6.29 Å². The Morgan fingerprint density at radius 2 is 1.94 bits per heavy atom. The fraction of sp³-hybridized carbons (Fsp3) is 0.538. The standard InChI is InChI=1S/C13H18O5/c1-16-10-8-18-13(12(15)11(10)14)17-7-9-5-3-2-4-6-9/h2-6,10-15H,7-8H2,1H3/t10-,11+,12-,13-/m1/s1. The van der Waals surface area contributed by atoms with Crippen LogP contribution in [0.4, 0.5) is 0 Å². The lowest BCUT2D eigenvalue weighted by Crippen LogP contribution is -2.54. The van der Waals surface area contributed by atoms with E-state index in [1.165, 1.54) is 7.11 Å². The van der Waals surface area contributed by atoms with Crippen molar-refractivity contribution >= 4 is 0 Å². The lowest BCUT2D eigenvalue weighted by Gasteiger charge is -2.36. The van der Waals surface area contributed by atoms with Gasteiger partial charge in [-0.05, 0) is 5.56 Å². The molecule has 0 saturated carbocycles. The normalized spacial score (nSPS) is 32.4. The smallest absolute Gasteiger partial charge is 0.186 e. The monoisotopic (exact) mass is 254 g/mol. The number of methoxy groups -OCH3 is 1. The number of ether oxygens (including phenoxy) is 3. The van der Waals surface area contributed by atoms with Crippen molar-refractivity contribution in [3.8, 4) is 0 Å². The summed E-state index contributed by atoms with van der Waals surface area (Å²) in [7, 11) is 1.47. The number of aliphatic hydroxyl groups excluding tert-OH is 2. The molecule has 5 nitrogen and oxygen atoms in total. The van der Waals surface area contributed by atoms with Crippen LogP contribution in [0.3, 0.4) is 0 Å². The molecular weight excluding hydrogens is 236 g/mol. The maximum atomic E-state index is 9.84. The van der Waals surface area contributed by atoms with E-state index >= 15 is 0 Å². The second-order valence-corrected chi connectivity index (χ2v) is 4.25. The van der Waals surface area contributed by atoms with Gasteiger partial charge >= 0.3 is 0 Å². The van der Waals surface area contributed by atoms with Crippen LogP contribution in [0.25, 0.3) is 0 Å². The van der Waals surface area contributed by atoms with Gasteiger partial charge in [0.2, 0.25) is 0 Å². The van der Waals surface area contributed by atoms with Crippen molar-refractivity contribution in [3.05, 3.63) is 35.9 Å². The van der Waals surface area contributed by atoms with Gasteiger partial charge in [-0.2, -0.15) is 0 Å². The topological polar surface area (TPSA) is 68.2 Å². The largest absolute Gasteiger partial charge is 0.387 e. The van der Waals surface area contributed by atoms with E-state index in [4.69, 9.17) is 14.2 Å². The Balaban J connectivity index is 1.87. The molecule has 5 heteroatoms. The highest BCUT2D eigenvalue weighted by molar-refractivity contribution is 5.13. The lowest BCUT2D eigenvalue weighted by atomic mass is 10.1. The zero-order valence-corrected chi connectivity index (χ0v) is 10.2. The average molecular weight is 254 g/mol. The van der Waals surface area contributed by atoms with Crippen LogP contribution in [0.1, 0.15) is 5.56 Å². The molecule has 0 amide bonds. The first kappa shape index (κ1) is 13.5. The Labute approximate surface area is 106 Å². The van der Waals surface area contributed by atoms with Crippen LogP contribution in [0.2, 0.25) is 0 Å². The van der Waals surface area contributed by atoms with E-state index in [9.17, 15) is 10.2 Å². The molecule has 0 unspecified atom stereocenters. The molecule has 1 aliphatic heterocycles. The molecule has 1 aliphatic rings. The first-order valence-corrected chi connectivity index (χ1v) is 5.88. The molecule has 1 saturated heterocycles. The number of aliphatic hydroxyl groups is 2. The van der Waals surface area contributed by atoms with Crippen molar-refractivity contribution in [3.63, 3.8) is 0 Å². The quantitative estimate of drug-likeness (QED) is 0.808. The van der Waals surface area contributed by atoms with Gasteiger partial charge in [0.1, 0.15) is 18.3 Å². The van der Waals surface area contributed by atoms with Gasteiger partial charge in [-0.25, -0.2) is 0 Å². The van der Waals surface area contributed by atoms with Crippen LogP contribution in [0, 0.1) is 0 Å². The minimum absolute atomic E-state index is 0.203. The Kier molecular flexibility index (Phi) is 4.68. The van der Waals surface area contributed by atoms with E-state index in [0.717, 1.165) is 5.56 Å². The zero-order chi connectivity index (χ0) is 13.0. The predicted molar refractivity (Wildman–Crippen MR) is 63.8 cm³/mol.